The zero-order valence-electron chi connectivity index (χ0n) is 11.8. The van der Waals surface area contributed by atoms with Gasteiger partial charge in [-0.15, -0.1) is 10.2 Å². The van der Waals surface area contributed by atoms with Crippen LogP contribution in [0.3, 0.4) is 0 Å². The van der Waals surface area contributed by atoms with Gasteiger partial charge in [-0.2, -0.15) is 9.78 Å². The van der Waals surface area contributed by atoms with Gasteiger partial charge in [-0.05, 0) is 29.8 Å². The van der Waals surface area contributed by atoms with Gasteiger partial charge >= 0.3 is 0 Å². The van der Waals surface area contributed by atoms with Crippen molar-refractivity contribution in [3.05, 3.63) is 63.6 Å². The summed E-state index contributed by atoms with van der Waals surface area (Å²) in [5.74, 6) is 1.47. The Morgan fingerprint density at radius 2 is 1.87 bits per heavy atom. The number of halogens is 2. The molecule has 4 rings (SSSR count). The molecule has 0 bridgehead atoms. The minimum atomic E-state index is 0.667. The molecule has 0 amide bonds. The molecule has 0 aliphatic carbocycles. The van der Waals surface area contributed by atoms with Gasteiger partial charge in [-0.3, -0.25) is 0 Å². The van der Waals surface area contributed by atoms with E-state index in [2.05, 4.69) is 38.3 Å². The average molecular weight is 406 g/mol. The Morgan fingerprint density at radius 1 is 1.04 bits per heavy atom. The van der Waals surface area contributed by atoms with Gasteiger partial charge in [0.05, 0.1) is 5.71 Å². The first-order chi connectivity index (χ1) is 11.2. The quantitative estimate of drug-likeness (QED) is 0.619. The van der Waals surface area contributed by atoms with Crippen molar-refractivity contribution in [2.45, 2.75) is 5.16 Å². The number of nitrogens with zero attached hydrogens (tertiary/aromatic N) is 4. The summed E-state index contributed by atoms with van der Waals surface area (Å²) in [7, 11) is 0. The lowest BCUT2D eigenvalue weighted by Crippen LogP contribution is -2.13. The van der Waals surface area contributed by atoms with Crippen LogP contribution < -0.4 is 0 Å². The van der Waals surface area contributed by atoms with Crippen LogP contribution in [0.4, 0.5) is 0 Å². The average Bonchev–Trinajstić information content (AvgIpc) is 2.98. The van der Waals surface area contributed by atoms with Gasteiger partial charge in [0.1, 0.15) is 0 Å². The highest BCUT2D eigenvalue weighted by Gasteiger charge is 2.20. The molecule has 0 fully saturated rings. The van der Waals surface area contributed by atoms with Gasteiger partial charge in [0.2, 0.25) is 5.16 Å². The van der Waals surface area contributed by atoms with Gasteiger partial charge in [0.25, 0.3) is 0 Å². The predicted octanol–water partition coefficient (Wildman–Crippen LogP) is 4.72. The summed E-state index contributed by atoms with van der Waals surface area (Å²) in [6.45, 7) is 0. The van der Waals surface area contributed by atoms with Crippen molar-refractivity contribution in [3.63, 3.8) is 0 Å². The molecular formula is C16H10BrClN4S. The second kappa shape index (κ2) is 6.11. The molecule has 0 spiro atoms. The van der Waals surface area contributed by atoms with Crippen LogP contribution in [-0.2, 0) is 0 Å². The predicted molar refractivity (Wildman–Crippen MR) is 97.3 cm³/mol. The van der Waals surface area contributed by atoms with Gasteiger partial charge in [-0.25, -0.2) is 0 Å². The molecule has 2 aromatic carbocycles. The van der Waals surface area contributed by atoms with Crippen LogP contribution in [0.5, 0.6) is 0 Å². The summed E-state index contributed by atoms with van der Waals surface area (Å²) < 4.78 is 2.84. The van der Waals surface area contributed by atoms with E-state index in [1.807, 2.05) is 36.4 Å². The second-order valence-electron chi connectivity index (χ2n) is 4.97. The lowest BCUT2D eigenvalue weighted by Gasteiger charge is -2.14. The molecule has 0 saturated carbocycles. The molecule has 114 valence electrons. The minimum Gasteiger partial charge on any atom is -0.187 e. The van der Waals surface area contributed by atoms with Crippen molar-refractivity contribution in [2.75, 3.05) is 5.75 Å². The first-order valence-electron chi connectivity index (χ1n) is 6.89. The fraction of sp³-hybridized carbons (Fsp3) is 0.0625. The van der Waals surface area contributed by atoms with E-state index in [1.54, 1.807) is 16.4 Å². The summed E-state index contributed by atoms with van der Waals surface area (Å²) in [4.78, 5) is 0. The van der Waals surface area contributed by atoms with Crippen LogP contribution in [-0.4, -0.2) is 26.3 Å². The zero-order chi connectivity index (χ0) is 15.8. The number of aromatic nitrogens is 3. The Morgan fingerprint density at radius 3 is 2.65 bits per heavy atom. The van der Waals surface area contributed by atoms with E-state index in [4.69, 9.17) is 16.7 Å². The first-order valence-corrected chi connectivity index (χ1v) is 9.04. The Hall–Kier alpha value is -1.63. The van der Waals surface area contributed by atoms with Crippen LogP contribution in [0.15, 0.2) is 63.3 Å². The van der Waals surface area contributed by atoms with Gasteiger partial charge in [0, 0.05) is 20.8 Å². The Labute approximate surface area is 150 Å². The molecule has 1 aromatic heterocycles. The van der Waals surface area contributed by atoms with Crippen molar-refractivity contribution >= 4 is 45.0 Å². The van der Waals surface area contributed by atoms with Gasteiger partial charge in [0.15, 0.2) is 5.82 Å². The molecule has 0 saturated heterocycles. The smallest absolute Gasteiger partial charge is 0.187 e. The number of rotatable bonds is 2. The fourth-order valence-corrected chi connectivity index (χ4v) is 3.61. The molecule has 4 nitrogen and oxygen atoms in total. The molecule has 0 radical (unpaired) electrons. The van der Waals surface area contributed by atoms with Crippen LogP contribution in [0.2, 0.25) is 5.02 Å². The third kappa shape index (κ3) is 2.94. The van der Waals surface area contributed by atoms with Gasteiger partial charge < -0.3 is 0 Å². The number of benzene rings is 2. The van der Waals surface area contributed by atoms with E-state index in [1.165, 1.54) is 0 Å². The Balaban J connectivity index is 1.79. The number of hydrogen-bond donors (Lipinski definition) is 0. The molecule has 0 atom stereocenters. The maximum Gasteiger partial charge on any atom is 0.212 e. The standard InChI is InChI=1S/C16H10BrClN4S/c17-12-6-4-10(5-7-12)14-9-23-16-20-19-15(22(16)21-14)11-2-1-3-13(18)8-11/h1-8H,9H2. The maximum absolute atomic E-state index is 6.08. The monoisotopic (exact) mass is 404 g/mol. The summed E-state index contributed by atoms with van der Waals surface area (Å²) in [6, 6.07) is 15.7. The summed E-state index contributed by atoms with van der Waals surface area (Å²) in [5.41, 5.74) is 2.99. The van der Waals surface area contributed by atoms with Crippen molar-refractivity contribution in [2.24, 2.45) is 5.10 Å². The minimum absolute atomic E-state index is 0.667. The molecule has 1 aliphatic heterocycles. The number of hydrogen-bond acceptors (Lipinski definition) is 4. The summed E-state index contributed by atoms with van der Waals surface area (Å²) in [5, 5.41) is 14.7. The van der Waals surface area contributed by atoms with Crippen molar-refractivity contribution in [1.82, 2.24) is 14.9 Å². The molecule has 2 heterocycles. The first kappa shape index (κ1) is 14.9. The number of thioether (sulfide) groups is 1. The van der Waals surface area contributed by atoms with E-state index in [-0.39, 0.29) is 0 Å². The second-order valence-corrected chi connectivity index (χ2v) is 7.27. The highest BCUT2D eigenvalue weighted by Crippen LogP contribution is 2.29. The highest BCUT2D eigenvalue weighted by molar-refractivity contribution is 9.10. The summed E-state index contributed by atoms with van der Waals surface area (Å²) in [6.07, 6.45) is 0. The third-order valence-electron chi connectivity index (χ3n) is 3.43. The Kier molecular flexibility index (Phi) is 3.97. The SMILES string of the molecule is Clc1cccc(-c2nnc3n2N=C(c2ccc(Br)cc2)CS3)c1. The van der Waals surface area contributed by atoms with E-state index >= 15 is 0 Å². The molecule has 0 unspecified atom stereocenters. The maximum atomic E-state index is 6.08. The van der Waals surface area contributed by atoms with E-state index in [9.17, 15) is 0 Å². The Bertz CT molecular complexity index is 905. The van der Waals surface area contributed by atoms with E-state index < -0.39 is 0 Å². The lowest BCUT2D eigenvalue weighted by atomic mass is 10.1. The van der Waals surface area contributed by atoms with Crippen LogP contribution in [0, 0.1) is 0 Å². The highest BCUT2D eigenvalue weighted by atomic mass is 79.9. The topological polar surface area (TPSA) is 43.1 Å². The zero-order valence-corrected chi connectivity index (χ0v) is 14.9. The fourth-order valence-electron chi connectivity index (χ4n) is 2.32. The molecule has 3 aromatic rings. The normalized spacial score (nSPS) is 13.6. The molecule has 7 heteroatoms. The van der Waals surface area contributed by atoms with E-state index in [0.29, 0.717) is 10.8 Å². The largest absolute Gasteiger partial charge is 0.212 e. The third-order valence-corrected chi connectivity index (χ3v) is 5.13. The van der Waals surface area contributed by atoms with Crippen LogP contribution >= 0.6 is 39.3 Å². The number of fused-ring (bicyclic) bond motifs is 1. The molecule has 1 aliphatic rings. The van der Waals surface area contributed by atoms with E-state index in [0.717, 1.165) is 32.2 Å². The molecule has 0 N–H and O–H groups in total. The van der Waals surface area contributed by atoms with Crippen LogP contribution in [0.1, 0.15) is 5.56 Å². The summed E-state index contributed by atoms with van der Waals surface area (Å²) >= 11 is 11.2. The van der Waals surface area contributed by atoms with Crippen molar-refractivity contribution < 1.29 is 0 Å². The van der Waals surface area contributed by atoms with Crippen molar-refractivity contribution in [1.29, 1.82) is 0 Å². The lowest BCUT2D eigenvalue weighted by molar-refractivity contribution is 0.762. The van der Waals surface area contributed by atoms with Crippen LogP contribution in [0.25, 0.3) is 11.4 Å². The van der Waals surface area contributed by atoms with Gasteiger partial charge in [-0.1, -0.05) is 63.6 Å². The molecule has 23 heavy (non-hydrogen) atoms. The molecular weight excluding hydrogens is 396 g/mol. The van der Waals surface area contributed by atoms with Crippen molar-refractivity contribution in [3.8, 4) is 11.4 Å².